The Morgan fingerprint density at radius 3 is 2.85 bits per heavy atom. The second-order valence-electron chi connectivity index (χ2n) is 5.61. The Balaban J connectivity index is 1.49. The minimum Gasteiger partial charge on any atom is -0.493 e. The average Bonchev–Trinajstić information content (AvgIpc) is 2.90. The Morgan fingerprint density at radius 2 is 2.05 bits per heavy atom. The number of rotatable bonds is 5. The number of ether oxygens (including phenoxy) is 2. The summed E-state index contributed by atoms with van der Waals surface area (Å²) in [5.74, 6) is 2.18. The molecular weight excluding hydrogens is 274 g/mol. The number of likely N-dealkylation sites (tertiary alicyclic amines) is 1. The summed E-state index contributed by atoms with van der Waals surface area (Å²) in [4.78, 5) is 2.54. The van der Waals surface area contributed by atoms with Crippen molar-refractivity contribution >= 4 is 11.6 Å². The predicted octanol–water partition coefficient (Wildman–Crippen LogP) is 2.88. The van der Waals surface area contributed by atoms with Gasteiger partial charge in [0.25, 0.3) is 0 Å². The van der Waals surface area contributed by atoms with Crippen molar-refractivity contribution in [2.75, 3.05) is 38.7 Å². The first-order valence-electron chi connectivity index (χ1n) is 7.48. The lowest BCUT2D eigenvalue weighted by atomic mass is 9.99. The number of benzene rings is 1. The number of piperidine rings is 1. The van der Waals surface area contributed by atoms with E-state index in [1.54, 1.807) is 0 Å². The molecule has 3 nitrogen and oxygen atoms in total. The topological polar surface area (TPSA) is 21.7 Å². The molecule has 4 heteroatoms. The molecule has 1 saturated heterocycles. The average molecular weight is 296 g/mol. The molecule has 1 fully saturated rings. The highest BCUT2D eigenvalue weighted by Crippen LogP contribution is 2.34. The van der Waals surface area contributed by atoms with E-state index in [0.29, 0.717) is 24.5 Å². The van der Waals surface area contributed by atoms with Crippen LogP contribution < -0.4 is 4.74 Å². The van der Waals surface area contributed by atoms with Crippen molar-refractivity contribution in [3.05, 3.63) is 29.8 Å². The highest BCUT2D eigenvalue weighted by atomic mass is 35.5. The van der Waals surface area contributed by atoms with Crippen LogP contribution in [0.3, 0.4) is 0 Å². The van der Waals surface area contributed by atoms with Crippen molar-refractivity contribution in [2.45, 2.75) is 24.9 Å². The SMILES string of the molecule is ClCCOC1CCN(CC2COc3ccccc32)CC1. The van der Waals surface area contributed by atoms with Crippen LogP contribution in [0.1, 0.15) is 24.3 Å². The summed E-state index contributed by atoms with van der Waals surface area (Å²) in [7, 11) is 0. The monoisotopic (exact) mass is 295 g/mol. The maximum atomic E-state index is 5.76. The van der Waals surface area contributed by atoms with Gasteiger partial charge in [-0.15, -0.1) is 11.6 Å². The standard InChI is InChI=1S/C16H22ClNO2/c17-7-10-19-14-5-8-18(9-6-14)11-13-12-20-16-4-2-1-3-15(13)16/h1-4,13-14H,5-12H2. The number of alkyl halides is 1. The molecule has 1 aromatic rings. The number of halogens is 1. The van der Waals surface area contributed by atoms with Gasteiger partial charge in [0.15, 0.2) is 0 Å². The van der Waals surface area contributed by atoms with Gasteiger partial charge in [0.1, 0.15) is 5.75 Å². The fraction of sp³-hybridized carbons (Fsp3) is 0.625. The molecule has 110 valence electrons. The number of para-hydroxylation sites is 1. The minimum absolute atomic E-state index is 0.400. The third-order valence-electron chi connectivity index (χ3n) is 4.24. The summed E-state index contributed by atoms with van der Waals surface area (Å²) in [6, 6.07) is 8.42. The lowest BCUT2D eigenvalue weighted by Crippen LogP contribution is -2.39. The highest BCUT2D eigenvalue weighted by Gasteiger charge is 2.27. The quantitative estimate of drug-likeness (QED) is 0.780. The zero-order chi connectivity index (χ0) is 13.8. The second kappa shape index (κ2) is 6.79. The molecular formula is C16H22ClNO2. The van der Waals surface area contributed by atoms with Crippen LogP contribution in [0.25, 0.3) is 0 Å². The van der Waals surface area contributed by atoms with Gasteiger partial charge in [-0.25, -0.2) is 0 Å². The molecule has 2 aliphatic heterocycles. The Labute approximate surface area is 125 Å². The van der Waals surface area contributed by atoms with Crippen LogP contribution in [0.15, 0.2) is 24.3 Å². The third-order valence-corrected chi connectivity index (χ3v) is 4.40. The Hall–Kier alpha value is -0.770. The third kappa shape index (κ3) is 3.27. The molecule has 0 spiro atoms. The van der Waals surface area contributed by atoms with Crippen LogP contribution in [-0.2, 0) is 4.74 Å². The molecule has 0 aromatic heterocycles. The number of hydrogen-bond acceptors (Lipinski definition) is 3. The van der Waals surface area contributed by atoms with Crippen LogP contribution in [0.4, 0.5) is 0 Å². The molecule has 0 radical (unpaired) electrons. The molecule has 0 N–H and O–H groups in total. The van der Waals surface area contributed by atoms with E-state index in [-0.39, 0.29) is 0 Å². The van der Waals surface area contributed by atoms with E-state index in [9.17, 15) is 0 Å². The van der Waals surface area contributed by atoms with E-state index in [1.807, 2.05) is 6.07 Å². The molecule has 2 aliphatic rings. The van der Waals surface area contributed by atoms with E-state index < -0.39 is 0 Å². The maximum absolute atomic E-state index is 5.76. The van der Waals surface area contributed by atoms with E-state index >= 15 is 0 Å². The zero-order valence-electron chi connectivity index (χ0n) is 11.8. The van der Waals surface area contributed by atoms with Gasteiger partial charge in [-0.3, -0.25) is 0 Å². The van der Waals surface area contributed by atoms with Gasteiger partial charge >= 0.3 is 0 Å². The first-order chi connectivity index (χ1) is 9.86. The molecule has 3 rings (SSSR count). The van der Waals surface area contributed by atoms with Crippen molar-refractivity contribution < 1.29 is 9.47 Å². The Morgan fingerprint density at radius 1 is 1.25 bits per heavy atom. The van der Waals surface area contributed by atoms with Gasteiger partial charge in [-0.05, 0) is 18.9 Å². The van der Waals surface area contributed by atoms with Gasteiger partial charge < -0.3 is 14.4 Å². The number of nitrogens with zero attached hydrogens (tertiary/aromatic N) is 1. The van der Waals surface area contributed by atoms with Crippen LogP contribution >= 0.6 is 11.6 Å². The summed E-state index contributed by atoms with van der Waals surface area (Å²) < 4.78 is 11.5. The smallest absolute Gasteiger partial charge is 0.122 e. The number of hydrogen-bond donors (Lipinski definition) is 0. The molecule has 1 aromatic carbocycles. The first-order valence-corrected chi connectivity index (χ1v) is 8.02. The van der Waals surface area contributed by atoms with Gasteiger partial charge in [0, 0.05) is 37.0 Å². The van der Waals surface area contributed by atoms with E-state index in [2.05, 4.69) is 23.1 Å². The first kappa shape index (κ1) is 14.2. The summed E-state index contributed by atoms with van der Waals surface area (Å²) in [5, 5.41) is 0. The molecule has 20 heavy (non-hydrogen) atoms. The van der Waals surface area contributed by atoms with Crippen molar-refractivity contribution in [3.63, 3.8) is 0 Å². The summed E-state index contributed by atoms with van der Waals surface area (Å²) in [6.07, 6.45) is 2.63. The fourth-order valence-electron chi connectivity index (χ4n) is 3.16. The lowest BCUT2D eigenvalue weighted by Gasteiger charge is -2.33. The van der Waals surface area contributed by atoms with Gasteiger partial charge in [0.2, 0.25) is 0 Å². The van der Waals surface area contributed by atoms with Crippen molar-refractivity contribution in [2.24, 2.45) is 0 Å². The van der Waals surface area contributed by atoms with Gasteiger partial charge in [-0.1, -0.05) is 18.2 Å². The minimum atomic E-state index is 0.400. The second-order valence-corrected chi connectivity index (χ2v) is 5.98. The van der Waals surface area contributed by atoms with Gasteiger partial charge in [0.05, 0.1) is 19.3 Å². The highest BCUT2D eigenvalue weighted by molar-refractivity contribution is 6.17. The van der Waals surface area contributed by atoms with E-state index in [1.165, 1.54) is 5.56 Å². The van der Waals surface area contributed by atoms with E-state index in [4.69, 9.17) is 21.1 Å². The van der Waals surface area contributed by atoms with Crippen molar-refractivity contribution in [3.8, 4) is 5.75 Å². The Kier molecular flexibility index (Phi) is 4.81. The lowest BCUT2D eigenvalue weighted by molar-refractivity contribution is 0.0136. The predicted molar refractivity (Wildman–Crippen MR) is 80.8 cm³/mol. The van der Waals surface area contributed by atoms with Crippen LogP contribution in [0.2, 0.25) is 0 Å². The van der Waals surface area contributed by atoms with Crippen molar-refractivity contribution in [1.29, 1.82) is 0 Å². The molecule has 1 unspecified atom stereocenters. The summed E-state index contributed by atoms with van der Waals surface area (Å²) in [6.45, 7) is 4.83. The summed E-state index contributed by atoms with van der Waals surface area (Å²) in [5.41, 5.74) is 1.37. The normalized spacial score (nSPS) is 23.6. The van der Waals surface area contributed by atoms with Crippen molar-refractivity contribution in [1.82, 2.24) is 4.90 Å². The van der Waals surface area contributed by atoms with E-state index in [0.717, 1.165) is 44.8 Å². The largest absolute Gasteiger partial charge is 0.493 e. The summed E-state index contributed by atoms with van der Waals surface area (Å²) >= 11 is 5.66. The van der Waals surface area contributed by atoms with Crippen LogP contribution in [0.5, 0.6) is 5.75 Å². The molecule has 2 heterocycles. The fourth-order valence-corrected chi connectivity index (χ4v) is 3.25. The Bertz CT molecular complexity index is 432. The molecule has 0 aliphatic carbocycles. The molecule has 0 amide bonds. The maximum Gasteiger partial charge on any atom is 0.122 e. The number of fused-ring (bicyclic) bond motifs is 1. The van der Waals surface area contributed by atoms with Gasteiger partial charge in [-0.2, -0.15) is 0 Å². The molecule has 0 saturated carbocycles. The van der Waals surface area contributed by atoms with Crippen LogP contribution in [-0.4, -0.2) is 49.7 Å². The van der Waals surface area contributed by atoms with Crippen LogP contribution in [0, 0.1) is 0 Å². The molecule has 1 atom stereocenters. The zero-order valence-corrected chi connectivity index (χ0v) is 12.5. The molecule has 0 bridgehead atoms.